The van der Waals surface area contributed by atoms with Crippen LogP contribution in [-0.4, -0.2) is 49.7 Å². The third-order valence-electron chi connectivity index (χ3n) is 2.71. The number of sulfonamides is 1. The molecule has 1 aliphatic heterocycles. The lowest BCUT2D eigenvalue weighted by molar-refractivity contribution is -0.0515. The van der Waals surface area contributed by atoms with Crippen LogP contribution in [0.1, 0.15) is 6.92 Å². The number of ether oxygens (including phenoxy) is 1. The summed E-state index contributed by atoms with van der Waals surface area (Å²) in [6, 6.07) is 3.10. The van der Waals surface area contributed by atoms with Crippen LogP contribution in [0.25, 0.3) is 0 Å². The van der Waals surface area contributed by atoms with Gasteiger partial charge in [-0.25, -0.2) is 8.42 Å². The molecule has 0 aromatic carbocycles. The summed E-state index contributed by atoms with van der Waals surface area (Å²) in [7, 11) is -3.45. The van der Waals surface area contributed by atoms with Crippen LogP contribution < -0.4 is 0 Å². The molecular formula is C10H15NO4S2. The van der Waals surface area contributed by atoms with Gasteiger partial charge in [-0.2, -0.15) is 4.31 Å². The van der Waals surface area contributed by atoms with E-state index in [1.165, 1.54) is 15.6 Å². The van der Waals surface area contributed by atoms with Crippen LogP contribution in [0, 0.1) is 0 Å². The Morgan fingerprint density at radius 3 is 3.00 bits per heavy atom. The van der Waals surface area contributed by atoms with Gasteiger partial charge in [-0.1, -0.05) is 6.07 Å². The molecule has 1 aliphatic rings. The molecule has 1 aromatic heterocycles. The molecule has 7 heteroatoms. The molecule has 0 amide bonds. The second kappa shape index (κ2) is 5.03. The summed E-state index contributed by atoms with van der Waals surface area (Å²) in [5.74, 6) is 0. The minimum Gasteiger partial charge on any atom is -0.394 e. The first-order valence-corrected chi connectivity index (χ1v) is 7.65. The Labute approximate surface area is 105 Å². The molecule has 2 unspecified atom stereocenters. The minimum absolute atomic E-state index is 0.164. The van der Waals surface area contributed by atoms with Gasteiger partial charge in [-0.15, -0.1) is 11.3 Å². The fourth-order valence-corrected chi connectivity index (χ4v) is 4.53. The van der Waals surface area contributed by atoms with Gasteiger partial charge in [0.15, 0.2) is 0 Å². The van der Waals surface area contributed by atoms with E-state index in [0.29, 0.717) is 10.8 Å². The summed E-state index contributed by atoms with van der Waals surface area (Å²) >= 11 is 1.20. The highest BCUT2D eigenvalue weighted by Crippen LogP contribution is 2.25. The summed E-state index contributed by atoms with van der Waals surface area (Å²) in [5.41, 5.74) is 0. The monoisotopic (exact) mass is 277 g/mol. The molecule has 2 rings (SSSR count). The van der Waals surface area contributed by atoms with Gasteiger partial charge in [0, 0.05) is 12.6 Å². The number of hydrogen-bond acceptors (Lipinski definition) is 5. The third-order valence-corrected chi connectivity index (χ3v) is 6.06. The van der Waals surface area contributed by atoms with E-state index in [-0.39, 0.29) is 19.2 Å². The molecule has 0 radical (unpaired) electrons. The topological polar surface area (TPSA) is 66.8 Å². The molecule has 1 saturated heterocycles. The Morgan fingerprint density at radius 1 is 1.65 bits per heavy atom. The van der Waals surface area contributed by atoms with Crippen molar-refractivity contribution in [2.24, 2.45) is 0 Å². The Kier molecular flexibility index (Phi) is 3.84. The summed E-state index contributed by atoms with van der Waals surface area (Å²) in [4.78, 5) is 0. The first-order chi connectivity index (χ1) is 8.05. The summed E-state index contributed by atoms with van der Waals surface area (Å²) in [5, 5.41) is 10.8. The first kappa shape index (κ1) is 13.0. The maximum Gasteiger partial charge on any atom is 0.252 e. The maximum absolute atomic E-state index is 12.3. The largest absolute Gasteiger partial charge is 0.394 e. The second-order valence-corrected chi connectivity index (χ2v) is 7.06. The normalized spacial score (nSPS) is 27.2. The zero-order valence-electron chi connectivity index (χ0n) is 9.44. The minimum atomic E-state index is -3.45. The summed E-state index contributed by atoms with van der Waals surface area (Å²) in [6.07, 6.45) is -0.430. The number of hydrogen-bond donors (Lipinski definition) is 1. The Bertz CT molecular complexity index is 457. The molecule has 2 heterocycles. The lowest BCUT2D eigenvalue weighted by atomic mass is 10.2. The average molecular weight is 277 g/mol. The van der Waals surface area contributed by atoms with E-state index in [9.17, 15) is 8.42 Å². The molecule has 1 N–H and O–H groups in total. The molecule has 1 aromatic rings. The lowest BCUT2D eigenvalue weighted by Crippen LogP contribution is -2.51. The molecule has 2 atom stereocenters. The molecular weight excluding hydrogens is 262 g/mol. The second-order valence-electron chi connectivity index (χ2n) is 3.99. The molecule has 17 heavy (non-hydrogen) atoms. The maximum atomic E-state index is 12.3. The van der Waals surface area contributed by atoms with Crippen LogP contribution in [0.4, 0.5) is 0 Å². The molecule has 0 bridgehead atoms. The Morgan fingerprint density at radius 2 is 2.41 bits per heavy atom. The van der Waals surface area contributed by atoms with Crippen molar-refractivity contribution >= 4 is 21.4 Å². The summed E-state index contributed by atoms with van der Waals surface area (Å²) < 4.78 is 31.7. The van der Waals surface area contributed by atoms with Gasteiger partial charge in [0.2, 0.25) is 0 Å². The van der Waals surface area contributed by atoms with E-state index >= 15 is 0 Å². The van der Waals surface area contributed by atoms with Gasteiger partial charge >= 0.3 is 0 Å². The lowest BCUT2D eigenvalue weighted by Gasteiger charge is -2.35. The number of morpholine rings is 1. The van der Waals surface area contributed by atoms with Crippen LogP contribution in [0.2, 0.25) is 0 Å². The van der Waals surface area contributed by atoms with Gasteiger partial charge in [0.1, 0.15) is 4.21 Å². The van der Waals surface area contributed by atoms with Crippen molar-refractivity contribution in [1.82, 2.24) is 4.31 Å². The van der Waals surface area contributed by atoms with Crippen molar-refractivity contribution in [2.45, 2.75) is 23.3 Å². The van der Waals surface area contributed by atoms with E-state index in [1.807, 2.05) is 0 Å². The van der Waals surface area contributed by atoms with Crippen LogP contribution in [-0.2, 0) is 14.8 Å². The fourth-order valence-electron chi connectivity index (χ4n) is 1.76. The number of aliphatic hydroxyl groups is 1. The van der Waals surface area contributed by atoms with Crippen LogP contribution >= 0.6 is 11.3 Å². The quantitative estimate of drug-likeness (QED) is 0.874. The molecule has 0 spiro atoms. The zero-order chi connectivity index (χ0) is 12.5. The summed E-state index contributed by atoms with van der Waals surface area (Å²) in [6.45, 7) is 2.16. The average Bonchev–Trinajstić information content (AvgIpc) is 2.83. The van der Waals surface area contributed by atoms with Crippen molar-refractivity contribution in [3.05, 3.63) is 17.5 Å². The van der Waals surface area contributed by atoms with E-state index in [2.05, 4.69) is 0 Å². The van der Waals surface area contributed by atoms with Gasteiger partial charge in [0.05, 0.1) is 19.3 Å². The van der Waals surface area contributed by atoms with Crippen molar-refractivity contribution in [1.29, 1.82) is 0 Å². The third kappa shape index (κ3) is 2.53. The Balaban J connectivity index is 2.26. The zero-order valence-corrected chi connectivity index (χ0v) is 11.1. The number of rotatable bonds is 3. The molecule has 96 valence electrons. The van der Waals surface area contributed by atoms with E-state index in [4.69, 9.17) is 9.84 Å². The highest BCUT2D eigenvalue weighted by Gasteiger charge is 2.35. The smallest absolute Gasteiger partial charge is 0.252 e. The van der Waals surface area contributed by atoms with Crippen molar-refractivity contribution < 1.29 is 18.3 Å². The van der Waals surface area contributed by atoms with Crippen molar-refractivity contribution in [3.8, 4) is 0 Å². The van der Waals surface area contributed by atoms with Gasteiger partial charge in [-0.05, 0) is 18.4 Å². The standard InChI is InChI=1S/C10H15NO4S2/c1-8-7-15-9(6-12)5-11(8)17(13,14)10-3-2-4-16-10/h2-4,8-9,12H,5-7H2,1H3. The molecule has 0 aliphatic carbocycles. The number of thiophene rings is 1. The van der Waals surface area contributed by atoms with Gasteiger partial charge < -0.3 is 9.84 Å². The van der Waals surface area contributed by atoms with Gasteiger partial charge in [-0.3, -0.25) is 0 Å². The highest BCUT2D eigenvalue weighted by atomic mass is 32.2. The SMILES string of the molecule is CC1COC(CO)CN1S(=O)(=O)c1cccs1. The fraction of sp³-hybridized carbons (Fsp3) is 0.600. The van der Waals surface area contributed by atoms with Crippen molar-refractivity contribution in [2.75, 3.05) is 19.8 Å². The van der Waals surface area contributed by atoms with Gasteiger partial charge in [0.25, 0.3) is 10.0 Å². The first-order valence-electron chi connectivity index (χ1n) is 5.33. The molecule has 5 nitrogen and oxygen atoms in total. The predicted molar refractivity (Wildman–Crippen MR) is 64.5 cm³/mol. The van der Waals surface area contributed by atoms with Crippen molar-refractivity contribution in [3.63, 3.8) is 0 Å². The predicted octanol–water partition coefficient (Wildman–Crippen LogP) is 0.518. The van der Waals surface area contributed by atoms with Crippen LogP contribution in [0.3, 0.4) is 0 Å². The van der Waals surface area contributed by atoms with Crippen LogP contribution in [0.5, 0.6) is 0 Å². The van der Waals surface area contributed by atoms with E-state index < -0.39 is 16.1 Å². The number of nitrogens with zero attached hydrogens (tertiary/aromatic N) is 1. The highest BCUT2D eigenvalue weighted by molar-refractivity contribution is 7.91. The van der Waals surface area contributed by atoms with E-state index in [0.717, 1.165) is 0 Å². The molecule has 1 fully saturated rings. The number of aliphatic hydroxyl groups excluding tert-OH is 1. The van der Waals surface area contributed by atoms with E-state index in [1.54, 1.807) is 24.4 Å². The molecule has 0 saturated carbocycles. The Hall–Kier alpha value is -0.470. The van der Waals surface area contributed by atoms with Crippen LogP contribution in [0.15, 0.2) is 21.7 Å².